The van der Waals surface area contributed by atoms with Gasteiger partial charge in [0.05, 0.1) is 17.3 Å². The molecule has 0 saturated carbocycles. The molecule has 1 unspecified atom stereocenters. The number of anilines is 1. The van der Waals surface area contributed by atoms with E-state index in [1.165, 1.54) is 6.92 Å². The Labute approximate surface area is 102 Å². The Morgan fingerprint density at radius 2 is 2.19 bits per heavy atom. The molecule has 0 aliphatic heterocycles. The maximum Gasteiger partial charge on any atom is 0.241 e. The molecule has 4 nitrogen and oxygen atoms in total. The average Bonchev–Trinajstić information content (AvgIpc) is 2.28. The number of carbonyl (C=O) groups is 1. The fourth-order valence-corrected chi connectivity index (χ4v) is 1.38. The van der Waals surface area contributed by atoms with Crippen LogP contribution in [-0.2, 0) is 4.79 Å². The summed E-state index contributed by atoms with van der Waals surface area (Å²) in [5, 5.41) is 20.0. The summed E-state index contributed by atoms with van der Waals surface area (Å²) < 4.78 is 0.756. The highest BCUT2D eigenvalue weighted by atomic mass is 79.9. The Bertz CT molecular complexity index is 499. The molecule has 5 heteroatoms. The highest BCUT2D eigenvalue weighted by Crippen LogP contribution is 2.21. The van der Waals surface area contributed by atoms with Crippen molar-refractivity contribution in [1.29, 1.82) is 10.5 Å². The Kier molecular flexibility index (Phi) is 4.04. The summed E-state index contributed by atoms with van der Waals surface area (Å²) in [6.07, 6.45) is 0. The van der Waals surface area contributed by atoms with Gasteiger partial charge >= 0.3 is 0 Å². The molecule has 0 fully saturated rings. The van der Waals surface area contributed by atoms with Crippen LogP contribution in [0.3, 0.4) is 0 Å². The number of hydrogen-bond donors (Lipinski definition) is 1. The van der Waals surface area contributed by atoms with Crippen LogP contribution in [0.15, 0.2) is 22.7 Å². The number of halogens is 1. The van der Waals surface area contributed by atoms with Crippen LogP contribution < -0.4 is 5.32 Å². The smallest absolute Gasteiger partial charge is 0.241 e. The third kappa shape index (κ3) is 2.82. The molecule has 0 bridgehead atoms. The van der Waals surface area contributed by atoms with E-state index >= 15 is 0 Å². The van der Waals surface area contributed by atoms with Crippen LogP contribution >= 0.6 is 15.9 Å². The maximum atomic E-state index is 11.5. The lowest BCUT2D eigenvalue weighted by Crippen LogP contribution is -2.19. The normalized spacial score (nSPS) is 11.0. The van der Waals surface area contributed by atoms with Crippen molar-refractivity contribution in [3.63, 3.8) is 0 Å². The van der Waals surface area contributed by atoms with Crippen LogP contribution in [0.2, 0.25) is 0 Å². The average molecular weight is 278 g/mol. The van der Waals surface area contributed by atoms with Crippen molar-refractivity contribution in [2.24, 2.45) is 5.92 Å². The number of amides is 1. The SMILES string of the molecule is CC(C#N)C(=O)Nc1cc(Br)ccc1C#N. The zero-order valence-corrected chi connectivity index (χ0v) is 10.1. The van der Waals surface area contributed by atoms with Crippen LogP contribution in [0, 0.1) is 28.6 Å². The molecule has 0 spiro atoms. The van der Waals surface area contributed by atoms with E-state index in [0.29, 0.717) is 11.3 Å². The molecule has 80 valence electrons. The van der Waals surface area contributed by atoms with E-state index in [9.17, 15) is 4.79 Å². The zero-order chi connectivity index (χ0) is 12.1. The van der Waals surface area contributed by atoms with E-state index in [4.69, 9.17) is 10.5 Å². The second-order valence-corrected chi connectivity index (χ2v) is 4.06. The minimum atomic E-state index is -0.745. The van der Waals surface area contributed by atoms with Crippen molar-refractivity contribution < 1.29 is 4.79 Å². The Morgan fingerprint density at radius 1 is 1.50 bits per heavy atom. The molecule has 1 amide bonds. The first-order chi connectivity index (χ1) is 7.58. The fraction of sp³-hybridized carbons (Fsp3) is 0.182. The molecule has 1 N–H and O–H groups in total. The van der Waals surface area contributed by atoms with E-state index in [1.807, 2.05) is 12.1 Å². The van der Waals surface area contributed by atoms with Crippen molar-refractivity contribution in [2.45, 2.75) is 6.92 Å². The van der Waals surface area contributed by atoms with Crippen molar-refractivity contribution >= 4 is 27.5 Å². The number of hydrogen-bond acceptors (Lipinski definition) is 3. The molecular weight excluding hydrogens is 270 g/mol. The van der Waals surface area contributed by atoms with Gasteiger partial charge in [0.2, 0.25) is 5.91 Å². The number of nitriles is 2. The molecule has 1 rings (SSSR count). The lowest BCUT2D eigenvalue weighted by atomic mass is 10.1. The summed E-state index contributed by atoms with van der Waals surface area (Å²) in [5.74, 6) is -1.16. The van der Waals surface area contributed by atoms with Crippen molar-refractivity contribution in [1.82, 2.24) is 0 Å². The third-order valence-electron chi connectivity index (χ3n) is 1.95. The van der Waals surface area contributed by atoms with Crippen molar-refractivity contribution in [3.8, 4) is 12.1 Å². The Balaban J connectivity index is 2.98. The quantitative estimate of drug-likeness (QED) is 0.902. The van der Waals surface area contributed by atoms with Gasteiger partial charge in [-0.3, -0.25) is 4.79 Å². The predicted molar refractivity (Wildman–Crippen MR) is 62.3 cm³/mol. The summed E-state index contributed by atoms with van der Waals surface area (Å²) >= 11 is 3.24. The van der Waals surface area contributed by atoms with Crippen molar-refractivity contribution in [3.05, 3.63) is 28.2 Å². The van der Waals surface area contributed by atoms with Crippen LogP contribution in [0.5, 0.6) is 0 Å². The summed E-state index contributed by atoms with van der Waals surface area (Å²) in [4.78, 5) is 11.5. The van der Waals surface area contributed by atoms with Gasteiger partial charge in [-0.25, -0.2) is 0 Å². The van der Waals surface area contributed by atoms with Gasteiger partial charge in [-0.2, -0.15) is 10.5 Å². The Morgan fingerprint density at radius 3 is 2.75 bits per heavy atom. The fourth-order valence-electron chi connectivity index (χ4n) is 1.02. The predicted octanol–water partition coefficient (Wildman–Crippen LogP) is 2.42. The first-order valence-corrected chi connectivity index (χ1v) is 5.28. The van der Waals surface area contributed by atoms with Crippen LogP contribution in [-0.4, -0.2) is 5.91 Å². The molecule has 16 heavy (non-hydrogen) atoms. The summed E-state index contributed by atoms with van der Waals surface area (Å²) in [6.45, 7) is 1.50. The highest BCUT2D eigenvalue weighted by Gasteiger charge is 2.13. The largest absolute Gasteiger partial charge is 0.324 e. The van der Waals surface area contributed by atoms with E-state index in [-0.39, 0.29) is 0 Å². The molecule has 1 aromatic rings. The van der Waals surface area contributed by atoms with E-state index in [1.54, 1.807) is 18.2 Å². The minimum absolute atomic E-state index is 0.363. The molecular formula is C11H8BrN3O. The third-order valence-corrected chi connectivity index (χ3v) is 2.44. The number of nitrogens with zero attached hydrogens (tertiary/aromatic N) is 2. The van der Waals surface area contributed by atoms with Gasteiger partial charge in [0, 0.05) is 4.47 Å². The van der Waals surface area contributed by atoms with Gasteiger partial charge in [-0.15, -0.1) is 0 Å². The molecule has 1 aromatic carbocycles. The molecule has 0 aliphatic carbocycles. The van der Waals surface area contributed by atoms with E-state index in [2.05, 4.69) is 21.2 Å². The monoisotopic (exact) mass is 277 g/mol. The minimum Gasteiger partial charge on any atom is -0.324 e. The number of rotatable bonds is 2. The lowest BCUT2D eigenvalue weighted by molar-refractivity contribution is -0.117. The summed E-state index contributed by atoms with van der Waals surface area (Å²) in [6, 6.07) is 8.73. The molecule has 0 aromatic heterocycles. The lowest BCUT2D eigenvalue weighted by Gasteiger charge is -2.08. The second-order valence-electron chi connectivity index (χ2n) is 3.14. The van der Waals surface area contributed by atoms with Gasteiger partial charge in [0.25, 0.3) is 0 Å². The second kappa shape index (κ2) is 5.29. The first-order valence-electron chi connectivity index (χ1n) is 4.48. The summed E-state index contributed by atoms with van der Waals surface area (Å²) in [5.41, 5.74) is 0.769. The van der Waals surface area contributed by atoms with Gasteiger partial charge in [-0.05, 0) is 25.1 Å². The summed E-state index contributed by atoms with van der Waals surface area (Å²) in [7, 11) is 0. The topological polar surface area (TPSA) is 76.7 Å². The molecule has 0 heterocycles. The van der Waals surface area contributed by atoms with E-state index in [0.717, 1.165) is 4.47 Å². The Hall–Kier alpha value is -1.85. The van der Waals surface area contributed by atoms with Crippen LogP contribution in [0.4, 0.5) is 5.69 Å². The van der Waals surface area contributed by atoms with Gasteiger partial charge < -0.3 is 5.32 Å². The number of benzene rings is 1. The number of carbonyl (C=O) groups excluding carboxylic acids is 1. The highest BCUT2D eigenvalue weighted by molar-refractivity contribution is 9.10. The maximum absolute atomic E-state index is 11.5. The van der Waals surface area contributed by atoms with Crippen molar-refractivity contribution in [2.75, 3.05) is 5.32 Å². The first kappa shape index (κ1) is 12.2. The molecule has 0 radical (unpaired) electrons. The number of nitrogens with one attached hydrogen (secondary N) is 1. The van der Waals surface area contributed by atoms with Crippen LogP contribution in [0.25, 0.3) is 0 Å². The van der Waals surface area contributed by atoms with E-state index < -0.39 is 11.8 Å². The van der Waals surface area contributed by atoms with Gasteiger partial charge in [0.1, 0.15) is 12.0 Å². The molecule has 0 aliphatic rings. The molecule has 0 saturated heterocycles. The van der Waals surface area contributed by atoms with Gasteiger partial charge in [0.15, 0.2) is 0 Å². The molecule has 1 atom stereocenters. The standard InChI is InChI=1S/C11H8BrN3O/c1-7(5-13)11(16)15-10-4-9(12)3-2-8(10)6-14/h2-4,7H,1H3,(H,15,16). The van der Waals surface area contributed by atoms with Crippen LogP contribution in [0.1, 0.15) is 12.5 Å². The zero-order valence-electron chi connectivity index (χ0n) is 8.49. The van der Waals surface area contributed by atoms with Gasteiger partial charge in [-0.1, -0.05) is 15.9 Å².